The Hall–Kier alpha value is -2.07. The zero-order valence-corrected chi connectivity index (χ0v) is 12.1. The molecule has 0 aliphatic heterocycles. The normalized spacial score (nSPS) is 10.4. The predicted octanol–water partition coefficient (Wildman–Crippen LogP) is 0.364. The molecular weight excluding hydrogens is 306 g/mol. The highest BCUT2D eigenvalue weighted by Gasteiger charge is 2.14. The number of ether oxygens (including phenoxy) is 2. The van der Waals surface area contributed by atoms with E-state index < -0.39 is 16.3 Å². The van der Waals surface area contributed by atoms with Crippen LogP contribution in [0.25, 0.3) is 0 Å². The Labute approximate surface area is 121 Å². The van der Waals surface area contributed by atoms with E-state index in [0.717, 1.165) is 7.11 Å². The fourth-order valence-electron chi connectivity index (χ4n) is 1.11. The molecule has 0 fully saturated rings. The zero-order chi connectivity index (χ0) is 15.2. The highest BCUT2D eigenvalue weighted by molar-refractivity contribution is 7.91. The van der Waals surface area contributed by atoms with E-state index >= 15 is 0 Å². The van der Waals surface area contributed by atoms with Gasteiger partial charge in [-0.15, -0.1) is 0 Å². The average Bonchev–Trinajstić information content (AvgIpc) is 2.36. The van der Waals surface area contributed by atoms with Crippen LogP contribution in [0, 0.1) is 0 Å². The monoisotopic (exact) mass is 319 g/mol. The van der Waals surface area contributed by atoms with Crippen LogP contribution in [-0.4, -0.2) is 33.2 Å². The molecule has 4 N–H and O–H groups in total. The van der Waals surface area contributed by atoms with Crippen LogP contribution < -0.4 is 19.9 Å². The molecule has 0 spiro atoms. The summed E-state index contributed by atoms with van der Waals surface area (Å²) in [5, 5.41) is 0. The lowest BCUT2D eigenvalue weighted by Gasteiger charge is -2.09. The molecule has 110 valence electrons. The second-order valence-corrected chi connectivity index (χ2v) is 5.42. The molecule has 1 aromatic rings. The summed E-state index contributed by atoms with van der Waals surface area (Å²) < 4.78 is 36.1. The van der Waals surface area contributed by atoms with E-state index in [1.807, 2.05) is 0 Å². The molecule has 0 unspecified atom stereocenters. The predicted molar refractivity (Wildman–Crippen MR) is 76.8 cm³/mol. The average molecular weight is 319 g/mol. The smallest absolute Gasteiger partial charge is 0.422 e. The molecule has 0 saturated carbocycles. The maximum Gasteiger partial charge on any atom is 0.422 e. The number of methoxy groups -OCH3 is 1. The molecule has 1 aromatic carbocycles. The van der Waals surface area contributed by atoms with E-state index in [2.05, 4.69) is 21.7 Å². The van der Waals surface area contributed by atoms with Crippen molar-refractivity contribution in [1.29, 1.82) is 0 Å². The second-order valence-electron chi connectivity index (χ2n) is 3.48. The summed E-state index contributed by atoms with van der Waals surface area (Å²) >= 11 is 4.65. The van der Waals surface area contributed by atoms with Gasteiger partial charge in [-0.05, 0) is 24.3 Å². The maximum atomic E-state index is 11.5. The molecule has 0 bridgehead atoms. The van der Waals surface area contributed by atoms with Crippen LogP contribution in [-0.2, 0) is 14.9 Å². The molecule has 1 amide bonds. The SMILES string of the molecule is COC(=O)NS(=O)(=O)Nc1ccc(OCC(N)=S)cc1. The van der Waals surface area contributed by atoms with Crippen molar-refractivity contribution in [3.63, 3.8) is 0 Å². The van der Waals surface area contributed by atoms with Gasteiger partial charge in [0.15, 0.2) is 0 Å². The molecule has 0 radical (unpaired) electrons. The number of benzene rings is 1. The number of anilines is 1. The summed E-state index contributed by atoms with van der Waals surface area (Å²) in [6.07, 6.45) is -1.09. The molecular formula is C10H13N3O5S2. The number of amides is 1. The summed E-state index contributed by atoms with van der Waals surface area (Å²) in [4.78, 5) is 11.0. The number of hydrogen-bond acceptors (Lipinski definition) is 6. The van der Waals surface area contributed by atoms with Crippen molar-refractivity contribution in [2.45, 2.75) is 0 Å². The fourth-order valence-corrected chi connectivity index (χ4v) is 1.96. The number of nitrogens with one attached hydrogen (secondary N) is 2. The number of carbonyl (C=O) groups excluding carboxylic acids is 1. The first kappa shape index (κ1) is 16.0. The molecule has 20 heavy (non-hydrogen) atoms. The number of rotatable bonds is 6. The van der Waals surface area contributed by atoms with Crippen LogP contribution in [0.3, 0.4) is 0 Å². The summed E-state index contributed by atoms with van der Waals surface area (Å²) in [6.45, 7) is 0.0876. The minimum Gasteiger partial charge on any atom is -0.487 e. The number of nitrogens with two attached hydrogens (primary N) is 1. The molecule has 1 rings (SSSR count). The minimum atomic E-state index is -4.04. The van der Waals surface area contributed by atoms with Crippen molar-refractivity contribution < 1.29 is 22.7 Å². The number of hydrogen-bond donors (Lipinski definition) is 3. The van der Waals surface area contributed by atoms with Gasteiger partial charge in [-0.1, -0.05) is 12.2 Å². The fraction of sp³-hybridized carbons (Fsp3) is 0.200. The Morgan fingerprint density at radius 2 is 1.95 bits per heavy atom. The van der Waals surface area contributed by atoms with Gasteiger partial charge in [0, 0.05) is 0 Å². The molecule has 0 atom stereocenters. The van der Waals surface area contributed by atoms with E-state index in [1.54, 1.807) is 4.72 Å². The molecule has 8 nitrogen and oxygen atoms in total. The Kier molecular flexibility index (Phi) is 5.53. The summed E-state index contributed by atoms with van der Waals surface area (Å²) in [7, 11) is -2.99. The van der Waals surface area contributed by atoms with Crippen LogP contribution in [0.5, 0.6) is 5.75 Å². The lowest BCUT2D eigenvalue weighted by Crippen LogP contribution is -2.35. The van der Waals surface area contributed by atoms with Gasteiger partial charge in [0.2, 0.25) is 0 Å². The van der Waals surface area contributed by atoms with Gasteiger partial charge >= 0.3 is 16.3 Å². The number of carbonyl (C=O) groups is 1. The van der Waals surface area contributed by atoms with E-state index in [-0.39, 0.29) is 17.3 Å². The van der Waals surface area contributed by atoms with Crippen LogP contribution in [0.4, 0.5) is 10.5 Å². The molecule has 0 aromatic heterocycles. The van der Waals surface area contributed by atoms with Gasteiger partial charge < -0.3 is 15.2 Å². The Morgan fingerprint density at radius 1 is 1.35 bits per heavy atom. The standard InChI is InChI=1S/C10H13N3O5S2/c1-17-10(14)13-20(15,16)12-7-2-4-8(5-3-7)18-6-9(11)19/h2-5,12H,6H2,1H3,(H2,11,19)(H,13,14). The van der Waals surface area contributed by atoms with Crippen LogP contribution >= 0.6 is 12.2 Å². The van der Waals surface area contributed by atoms with Gasteiger partial charge in [-0.2, -0.15) is 8.42 Å². The second kappa shape index (κ2) is 6.91. The molecule has 0 heterocycles. The third kappa shape index (κ3) is 5.71. The topological polar surface area (TPSA) is 120 Å². The van der Waals surface area contributed by atoms with Gasteiger partial charge in [-0.3, -0.25) is 4.72 Å². The Bertz CT molecular complexity index is 585. The van der Waals surface area contributed by atoms with Crippen LogP contribution in [0.15, 0.2) is 24.3 Å². The van der Waals surface area contributed by atoms with Crippen molar-refractivity contribution in [3.8, 4) is 5.75 Å². The first-order chi connectivity index (χ1) is 9.32. The summed E-state index contributed by atoms with van der Waals surface area (Å²) in [5.41, 5.74) is 5.52. The van der Waals surface area contributed by atoms with Crippen molar-refractivity contribution in [1.82, 2.24) is 4.72 Å². The largest absolute Gasteiger partial charge is 0.487 e. The van der Waals surface area contributed by atoms with Crippen molar-refractivity contribution in [2.24, 2.45) is 5.73 Å². The molecule has 10 heteroatoms. The molecule has 0 aliphatic carbocycles. The van der Waals surface area contributed by atoms with Crippen molar-refractivity contribution in [2.75, 3.05) is 18.4 Å². The molecule has 0 aliphatic rings. The Balaban J connectivity index is 2.65. The third-order valence-electron chi connectivity index (χ3n) is 1.89. The van der Waals surface area contributed by atoms with Gasteiger partial charge in [0.1, 0.15) is 17.3 Å². The van der Waals surface area contributed by atoms with E-state index in [1.165, 1.54) is 24.3 Å². The maximum absolute atomic E-state index is 11.5. The summed E-state index contributed by atoms with van der Waals surface area (Å²) in [6, 6.07) is 5.94. The van der Waals surface area contributed by atoms with E-state index in [4.69, 9.17) is 10.5 Å². The lowest BCUT2D eigenvalue weighted by molar-refractivity contribution is 0.177. The zero-order valence-electron chi connectivity index (χ0n) is 10.5. The van der Waals surface area contributed by atoms with Gasteiger partial charge in [0.25, 0.3) is 0 Å². The number of thiocarbonyl (C=S) groups is 1. The van der Waals surface area contributed by atoms with E-state index in [9.17, 15) is 13.2 Å². The first-order valence-electron chi connectivity index (χ1n) is 5.22. The highest BCUT2D eigenvalue weighted by atomic mass is 32.2. The highest BCUT2D eigenvalue weighted by Crippen LogP contribution is 2.16. The molecule has 0 saturated heterocycles. The third-order valence-corrected chi connectivity index (χ3v) is 2.95. The van der Waals surface area contributed by atoms with Gasteiger partial charge in [0.05, 0.1) is 12.8 Å². The van der Waals surface area contributed by atoms with Crippen LogP contribution in [0.2, 0.25) is 0 Å². The lowest BCUT2D eigenvalue weighted by atomic mass is 10.3. The van der Waals surface area contributed by atoms with Crippen LogP contribution in [0.1, 0.15) is 0 Å². The summed E-state index contributed by atoms with van der Waals surface area (Å²) in [5.74, 6) is 0.474. The first-order valence-corrected chi connectivity index (χ1v) is 7.11. The minimum absolute atomic E-state index is 0.0876. The Morgan fingerprint density at radius 3 is 2.45 bits per heavy atom. The van der Waals surface area contributed by atoms with Crippen molar-refractivity contribution >= 4 is 39.2 Å². The van der Waals surface area contributed by atoms with E-state index in [0.29, 0.717) is 5.75 Å². The van der Waals surface area contributed by atoms with Crippen molar-refractivity contribution in [3.05, 3.63) is 24.3 Å². The van der Waals surface area contributed by atoms with Gasteiger partial charge in [-0.25, -0.2) is 9.52 Å². The quantitative estimate of drug-likeness (QED) is 0.648.